The lowest BCUT2D eigenvalue weighted by Crippen LogP contribution is -2.47. The first-order chi connectivity index (χ1) is 15.8. The van der Waals surface area contributed by atoms with Gasteiger partial charge in [-0.05, 0) is 80.9 Å². The fraction of sp³-hybridized carbons (Fsp3) is 0.440. The summed E-state index contributed by atoms with van der Waals surface area (Å²) in [5.41, 5.74) is 8.05. The summed E-state index contributed by atoms with van der Waals surface area (Å²) in [5, 5.41) is 13.0. The fourth-order valence-corrected chi connectivity index (χ4v) is 6.25. The van der Waals surface area contributed by atoms with E-state index in [1.54, 1.807) is 4.68 Å². The van der Waals surface area contributed by atoms with Crippen LogP contribution in [0.4, 0.5) is 5.69 Å². The lowest BCUT2D eigenvalue weighted by Gasteiger charge is -2.36. The number of rotatable bonds is 4. The minimum atomic E-state index is 0.119. The molecule has 7 nitrogen and oxygen atoms in total. The number of nitrogens with zero attached hydrogens (tertiary/aromatic N) is 6. The van der Waals surface area contributed by atoms with Gasteiger partial charge in [-0.15, -0.1) is 5.10 Å². The van der Waals surface area contributed by atoms with Gasteiger partial charge in [-0.1, -0.05) is 47.2 Å². The summed E-state index contributed by atoms with van der Waals surface area (Å²) in [7, 11) is 2.17. The number of benzene rings is 2. The third-order valence-electron chi connectivity index (χ3n) is 6.83. The van der Waals surface area contributed by atoms with Gasteiger partial charge in [0.25, 0.3) is 0 Å². The van der Waals surface area contributed by atoms with Crippen LogP contribution >= 0.6 is 11.8 Å². The molecule has 2 atom stereocenters. The molecular formula is C25H30N6OS. The number of thioether (sulfide) groups is 1. The zero-order chi connectivity index (χ0) is 23.3. The molecule has 2 aliphatic rings. The highest BCUT2D eigenvalue weighted by Crippen LogP contribution is 2.45. The molecule has 5 rings (SSSR count). The van der Waals surface area contributed by atoms with Crippen molar-refractivity contribution in [3.63, 3.8) is 0 Å². The molecule has 0 saturated carbocycles. The summed E-state index contributed by atoms with van der Waals surface area (Å²) in [6, 6.07) is 11.0. The molecule has 2 unspecified atom stereocenters. The standard InChI is InChI=1S/C25H30N6OS/c1-15-6-7-21-19(12-15)20-13-29(5)9-8-22(20)30(21)23(32)14-33-25-26-27-28-31(25)24-17(3)10-16(2)11-18(24)4/h6-7,10-12,20,22H,8-9,13-14H2,1-5H3. The summed E-state index contributed by atoms with van der Waals surface area (Å²) in [4.78, 5) is 18.0. The lowest BCUT2D eigenvalue weighted by molar-refractivity contribution is -0.116. The normalized spacial score (nSPS) is 20.1. The van der Waals surface area contributed by atoms with E-state index < -0.39 is 0 Å². The number of piperidine rings is 1. The highest BCUT2D eigenvalue weighted by molar-refractivity contribution is 7.99. The maximum atomic E-state index is 13.6. The van der Waals surface area contributed by atoms with E-state index in [1.165, 1.54) is 28.5 Å². The summed E-state index contributed by atoms with van der Waals surface area (Å²) < 4.78 is 1.77. The quantitative estimate of drug-likeness (QED) is 0.549. The predicted molar refractivity (Wildman–Crippen MR) is 131 cm³/mol. The third kappa shape index (κ3) is 3.95. The molecule has 1 fully saturated rings. The van der Waals surface area contributed by atoms with Crippen molar-refractivity contribution >= 4 is 23.4 Å². The number of aromatic nitrogens is 4. The molecule has 2 aliphatic heterocycles. The van der Waals surface area contributed by atoms with Crippen LogP contribution < -0.4 is 4.90 Å². The number of amides is 1. The third-order valence-corrected chi connectivity index (χ3v) is 7.74. The summed E-state index contributed by atoms with van der Waals surface area (Å²) in [6.07, 6.45) is 0.991. The van der Waals surface area contributed by atoms with Gasteiger partial charge in [0, 0.05) is 24.2 Å². The fourth-order valence-electron chi connectivity index (χ4n) is 5.52. The average molecular weight is 463 g/mol. The molecule has 0 aliphatic carbocycles. The van der Waals surface area contributed by atoms with E-state index in [1.807, 2.05) is 0 Å². The van der Waals surface area contributed by atoms with Crippen LogP contribution in [0.25, 0.3) is 5.69 Å². The largest absolute Gasteiger partial charge is 0.308 e. The number of anilines is 1. The molecule has 2 aromatic carbocycles. The predicted octanol–water partition coefficient (Wildman–Crippen LogP) is 3.82. The van der Waals surface area contributed by atoms with Gasteiger partial charge in [0.1, 0.15) is 0 Å². The Hall–Kier alpha value is -2.71. The van der Waals surface area contributed by atoms with E-state index in [0.717, 1.165) is 42.0 Å². The van der Waals surface area contributed by atoms with Crippen LogP contribution in [0.15, 0.2) is 35.5 Å². The highest BCUT2D eigenvalue weighted by Gasteiger charge is 2.43. The van der Waals surface area contributed by atoms with Crippen molar-refractivity contribution < 1.29 is 4.79 Å². The van der Waals surface area contributed by atoms with E-state index >= 15 is 0 Å². The van der Waals surface area contributed by atoms with Gasteiger partial charge in [0.2, 0.25) is 11.1 Å². The van der Waals surface area contributed by atoms with E-state index in [0.29, 0.717) is 16.8 Å². The van der Waals surface area contributed by atoms with Crippen LogP contribution in [0.3, 0.4) is 0 Å². The maximum absolute atomic E-state index is 13.6. The maximum Gasteiger partial charge on any atom is 0.237 e. The van der Waals surface area contributed by atoms with Crippen molar-refractivity contribution in [2.45, 2.75) is 51.2 Å². The topological polar surface area (TPSA) is 67.2 Å². The molecule has 1 aromatic heterocycles. The SMILES string of the molecule is Cc1cc(C)c(-n2nnnc2SCC(=O)N2c3ccc(C)cc3C3CN(C)CCC32)c(C)c1. The van der Waals surface area contributed by atoms with Crippen molar-refractivity contribution in [1.82, 2.24) is 25.1 Å². The van der Waals surface area contributed by atoms with Crippen molar-refractivity contribution in [3.8, 4) is 5.69 Å². The second-order valence-electron chi connectivity index (χ2n) is 9.46. The molecule has 1 saturated heterocycles. The minimum Gasteiger partial charge on any atom is -0.308 e. The smallest absolute Gasteiger partial charge is 0.237 e. The second kappa shape index (κ2) is 8.57. The Morgan fingerprint density at radius 3 is 2.61 bits per heavy atom. The summed E-state index contributed by atoms with van der Waals surface area (Å²) in [5.74, 6) is 0.793. The van der Waals surface area contributed by atoms with Crippen molar-refractivity contribution in [3.05, 3.63) is 58.1 Å². The minimum absolute atomic E-state index is 0.119. The van der Waals surface area contributed by atoms with Gasteiger partial charge in [0.05, 0.1) is 11.4 Å². The van der Waals surface area contributed by atoms with Gasteiger partial charge in [0.15, 0.2) is 0 Å². The molecule has 172 valence electrons. The van der Waals surface area contributed by atoms with Crippen LogP contribution in [0.2, 0.25) is 0 Å². The number of carbonyl (C=O) groups excluding carboxylic acids is 1. The molecule has 0 bridgehead atoms. The first-order valence-electron chi connectivity index (χ1n) is 11.4. The lowest BCUT2D eigenvalue weighted by atomic mass is 9.89. The Morgan fingerprint density at radius 2 is 1.85 bits per heavy atom. The van der Waals surface area contributed by atoms with Crippen LogP contribution in [0.1, 0.15) is 40.2 Å². The molecule has 33 heavy (non-hydrogen) atoms. The average Bonchev–Trinajstić information content (AvgIpc) is 3.33. The zero-order valence-corrected chi connectivity index (χ0v) is 20.7. The van der Waals surface area contributed by atoms with Gasteiger partial charge < -0.3 is 9.80 Å². The Morgan fingerprint density at radius 1 is 1.09 bits per heavy atom. The number of tetrazole rings is 1. The van der Waals surface area contributed by atoms with Crippen LogP contribution in [-0.2, 0) is 4.79 Å². The molecule has 8 heteroatoms. The van der Waals surface area contributed by atoms with Crippen molar-refractivity contribution in [2.24, 2.45) is 0 Å². The number of carbonyl (C=O) groups is 1. The first kappa shape index (κ1) is 22.1. The number of aryl methyl sites for hydroxylation is 4. The Bertz CT molecular complexity index is 1200. The zero-order valence-electron chi connectivity index (χ0n) is 19.9. The van der Waals surface area contributed by atoms with E-state index in [2.05, 4.69) is 90.4 Å². The van der Waals surface area contributed by atoms with E-state index in [4.69, 9.17) is 0 Å². The molecule has 1 amide bonds. The Kier molecular flexibility index (Phi) is 5.74. The van der Waals surface area contributed by atoms with Crippen molar-refractivity contribution in [2.75, 3.05) is 30.8 Å². The number of hydrogen-bond donors (Lipinski definition) is 0. The van der Waals surface area contributed by atoms with E-state index in [9.17, 15) is 4.79 Å². The second-order valence-corrected chi connectivity index (χ2v) is 10.4. The van der Waals surface area contributed by atoms with Crippen LogP contribution in [-0.4, -0.2) is 62.9 Å². The van der Waals surface area contributed by atoms with Crippen molar-refractivity contribution in [1.29, 1.82) is 0 Å². The molecule has 0 spiro atoms. The molecule has 3 aromatic rings. The number of fused-ring (bicyclic) bond motifs is 3. The van der Waals surface area contributed by atoms with Gasteiger partial charge >= 0.3 is 0 Å². The van der Waals surface area contributed by atoms with E-state index in [-0.39, 0.29) is 11.9 Å². The van der Waals surface area contributed by atoms with Gasteiger partial charge in [-0.3, -0.25) is 4.79 Å². The molecule has 3 heterocycles. The Balaban J connectivity index is 1.40. The van der Waals surface area contributed by atoms with Gasteiger partial charge in [-0.2, -0.15) is 4.68 Å². The van der Waals surface area contributed by atoms with Crippen LogP contribution in [0.5, 0.6) is 0 Å². The Labute approximate surface area is 199 Å². The molecular weight excluding hydrogens is 432 g/mol. The van der Waals surface area contributed by atoms with Gasteiger partial charge in [-0.25, -0.2) is 0 Å². The first-order valence-corrected chi connectivity index (χ1v) is 12.4. The molecule has 0 radical (unpaired) electrons. The molecule has 0 N–H and O–H groups in total. The monoisotopic (exact) mass is 462 g/mol. The summed E-state index contributed by atoms with van der Waals surface area (Å²) in [6.45, 7) is 10.3. The number of likely N-dealkylation sites (N-methyl/N-ethyl adjacent to an activating group) is 1. The number of hydrogen-bond acceptors (Lipinski definition) is 6. The highest BCUT2D eigenvalue weighted by atomic mass is 32.2. The number of likely N-dealkylation sites (tertiary alicyclic amines) is 1. The van der Waals surface area contributed by atoms with Crippen LogP contribution in [0, 0.1) is 27.7 Å². The summed E-state index contributed by atoms with van der Waals surface area (Å²) >= 11 is 1.41.